The molecule has 0 bridgehead atoms. The van der Waals surface area contributed by atoms with Crippen LogP contribution in [0.25, 0.3) is 17.2 Å². The number of aliphatic hydroxyl groups is 1. The molecule has 1 N–H and O–H groups in total. The van der Waals surface area contributed by atoms with Crippen LogP contribution in [0.4, 0.5) is 13.2 Å². The van der Waals surface area contributed by atoms with Gasteiger partial charge in [-0.05, 0) is 79.2 Å². The molecule has 1 aliphatic carbocycles. The highest BCUT2D eigenvalue weighted by atomic mass is 19.2. The van der Waals surface area contributed by atoms with Gasteiger partial charge in [0.1, 0.15) is 11.6 Å². The van der Waals surface area contributed by atoms with Crippen molar-refractivity contribution in [1.29, 1.82) is 0 Å². The van der Waals surface area contributed by atoms with E-state index < -0.39 is 17.7 Å². The summed E-state index contributed by atoms with van der Waals surface area (Å²) in [4.78, 5) is 0. The molecule has 1 atom stereocenters. The van der Waals surface area contributed by atoms with Crippen LogP contribution in [-0.2, 0) is 0 Å². The summed E-state index contributed by atoms with van der Waals surface area (Å²) in [6, 6.07) is 15.2. The van der Waals surface area contributed by atoms with E-state index in [4.69, 9.17) is 4.74 Å². The third kappa shape index (κ3) is 7.21. The second kappa shape index (κ2) is 13.7. The van der Waals surface area contributed by atoms with Gasteiger partial charge in [-0.25, -0.2) is 13.2 Å². The van der Waals surface area contributed by atoms with Gasteiger partial charge in [-0.3, -0.25) is 0 Å². The van der Waals surface area contributed by atoms with E-state index in [9.17, 15) is 9.50 Å². The summed E-state index contributed by atoms with van der Waals surface area (Å²) in [7, 11) is 0. The molecule has 0 amide bonds. The van der Waals surface area contributed by atoms with Gasteiger partial charge in [0.25, 0.3) is 0 Å². The minimum atomic E-state index is -0.830. The molecule has 5 heteroatoms. The number of hydrogen-bond acceptors (Lipinski definition) is 2. The summed E-state index contributed by atoms with van der Waals surface area (Å²) in [5.41, 5.74) is 2.51. The number of ether oxygens (including phenoxy) is 1. The largest absolute Gasteiger partial charge is 0.493 e. The smallest absolute Gasteiger partial charge is 0.166 e. The Labute approximate surface area is 229 Å². The molecular formula is C34H37F3O2. The maximum atomic E-state index is 15.2. The van der Waals surface area contributed by atoms with E-state index in [1.54, 1.807) is 60.7 Å². The predicted molar refractivity (Wildman–Crippen MR) is 152 cm³/mol. The molecule has 0 radical (unpaired) electrons. The summed E-state index contributed by atoms with van der Waals surface area (Å²) in [6.07, 6.45) is 10.4. The van der Waals surface area contributed by atoms with Gasteiger partial charge in [0.05, 0.1) is 12.7 Å². The first kappa shape index (κ1) is 28.7. The highest BCUT2D eigenvalue weighted by Crippen LogP contribution is 2.39. The van der Waals surface area contributed by atoms with Gasteiger partial charge in [0.15, 0.2) is 11.6 Å². The lowest BCUT2D eigenvalue weighted by Crippen LogP contribution is -2.13. The molecule has 0 spiro atoms. The average molecular weight is 535 g/mol. The number of benzene rings is 3. The van der Waals surface area contributed by atoms with Crippen LogP contribution in [0, 0.1) is 23.4 Å². The molecule has 206 valence electrons. The maximum absolute atomic E-state index is 15.2. The van der Waals surface area contributed by atoms with Crippen LogP contribution in [0.2, 0.25) is 0 Å². The van der Waals surface area contributed by atoms with Gasteiger partial charge in [-0.2, -0.15) is 0 Å². The quantitative estimate of drug-likeness (QED) is 0.196. The van der Waals surface area contributed by atoms with E-state index in [0.717, 1.165) is 37.7 Å². The average Bonchev–Trinajstić information content (AvgIpc) is 2.95. The van der Waals surface area contributed by atoms with Crippen LogP contribution in [0.5, 0.6) is 5.75 Å². The third-order valence-corrected chi connectivity index (χ3v) is 7.60. The number of aliphatic hydroxyl groups excluding tert-OH is 1. The Kier molecular flexibility index (Phi) is 10.0. The van der Waals surface area contributed by atoms with Gasteiger partial charge < -0.3 is 9.84 Å². The molecule has 1 saturated carbocycles. The zero-order valence-electron chi connectivity index (χ0n) is 22.5. The Morgan fingerprint density at radius 2 is 1.72 bits per heavy atom. The molecule has 1 unspecified atom stereocenters. The Hall–Kier alpha value is -3.31. The number of rotatable bonds is 11. The van der Waals surface area contributed by atoms with Crippen molar-refractivity contribution in [3.8, 4) is 16.9 Å². The highest BCUT2D eigenvalue weighted by Gasteiger charge is 2.26. The molecular weight excluding hydrogens is 497 g/mol. The molecule has 1 fully saturated rings. The standard InChI is InChI=1S/C34H37F3O2/c1-3-5-21-39-28-18-17-26(31(35)22-28)12-9-23-7-10-24(11-8-23)29-19-20-30(34(37)33(29)36)25-13-15-27(16-14-25)32(38)6-4-2/h3,9,12-20,22-24,32,38H,1,4-8,10-11,21H2,2H3/b12-9+. The second-order valence-electron chi connectivity index (χ2n) is 10.3. The van der Waals surface area contributed by atoms with Gasteiger partial charge in [0.2, 0.25) is 0 Å². The fourth-order valence-corrected chi connectivity index (χ4v) is 5.28. The normalized spacial score (nSPS) is 18.3. The highest BCUT2D eigenvalue weighted by molar-refractivity contribution is 5.65. The van der Waals surface area contributed by atoms with Crippen molar-refractivity contribution in [3.63, 3.8) is 0 Å². The van der Waals surface area contributed by atoms with E-state index in [1.165, 1.54) is 6.07 Å². The van der Waals surface area contributed by atoms with E-state index in [1.807, 2.05) is 13.0 Å². The Morgan fingerprint density at radius 3 is 2.38 bits per heavy atom. The molecule has 2 nitrogen and oxygen atoms in total. The van der Waals surface area contributed by atoms with E-state index in [-0.39, 0.29) is 23.2 Å². The van der Waals surface area contributed by atoms with Gasteiger partial charge in [0, 0.05) is 17.2 Å². The zero-order chi connectivity index (χ0) is 27.8. The van der Waals surface area contributed by atoms with Crippen LogP contribution in [-0.4, -0.2) is 11.7 Å². The summed E-state index contributed by atoms with van der Waals surface area (Å²) in [5.74, 6) is -1.23. The third-order valence-electron chi connectivity index (χ3n) is 7.60. The number of allylic oxidation sites excluding steroid dienone is 1. The minimum Gasteiger partial charge on any atom is -0.493 e. The molecule has 4 rings (SSSR count). The molecule has 1 aliphatic rings. The lowest BCUT2D eigenvalue weighted by Gasteiger charge is -2.27. The zero-order valence-corrected chi connectivity index (χ0v) is 22.5. The van der Waals surface area contributed by atoms with Crippen molar-refractivity contribution in [1.82, 2.24) is 0 Å². The van der Waals surface area contributed by atoms with Crippen LogP contribution in [0.15, 0.2) is 73.3 Å². The fraction of sp³-hybridized carbons (Fsp3) is 0.353. The van der Waals surface area contributed by atoms with E-state index in [0.29, 0.717) is 41.9 Å². The topological polar surface area (TPSA) is 29.5 Å². The first-order valence-corrected chi connectivity index (χ1v) is 13.9. The fourth-order valence-electron chi connectivity index (χ4n) is 5.28. The molecule has 3 aromatic carbocycles. The maximum Gasteiger partial charge on any atom is 0.166 e. The Bertz CT molecular complexity index is 1270. The van der Waals surface area contributed by atoms with Crippen molar-refractivity contribution in [3.05, 3.63) is 107 Å². The van der Waals surface area contributed by atoms with Crippen molar-refractivity contribution in [2.75, 3.05) is 6.61 Å². The monoisotopic (exact) mass is 534 g/mol. The summed E-state index contributed by atoms with van der Waals surface area (Å²) in [6.45, 7) is 6.11. The molecule has 0 saturated heterocycles. The van der Waals surface area contributed by atoms with Gasteiger partial charge >= 0.3 is 0 Å². The SMILES string of the molecule is C=CCCOc1ccc(/C=C/C2CCC(c3ccc(-c4ccc(C(O)CCC)cc4)c(F)c3F)CC2)c(F)c1. The van der Waals surface area contributed by atoms with Crippen LogP contribution >= 0.6 is 0 Å². The van der Waals surface area contributed by atoms with Crippen LogP contribution < -0.4 is 4.74 Å². The van der Waals surface area contributed by atoms with Crippen molar-refractivity contribution >= 4 is 6.08 Å². The first-order chi connectivity index (χ1) is 18.9. The van der Waals surface area contributed by atoms with Crippen LogP contribution in [0.1, 0.15) is 80.6 Å². The molecule has 3 aromatic rings. The van der Waals surface area contributed by atoms with Crippen molar-refractivity contribution in [2.24, 2.45) is 5.92 Å². The van der Waals surface area contributed by atoms with E-state index in [2.05, 4.69) is 6.58 Å². The Morgan fingerprint density at radius 1 is 0.974 bits per heavy atom. The van der Waals surface area contributed by atoms with E-state index >= 15 is 8.78 Å². The predicted octanol–water partition coefficient (Wildman–Crippen LogP) is 9.55. The van der Waals surface area contributed by atoms with Crippen molar-refractivity contribution < 1.29 is 23.0 Å². The molecule has 0 aliphatic heterocycles. The minimum absolute atomic E-state index is 0.0477. The lowest BCUT2D eigenvalue weighted by atomic mass is 9.78. The summed E-state index contributed by atoms with van der Waals surface area (Å²) >= 11 is 0. The molecule has 0 aromatic heterocycles. The molecule has 0 heterocycles. The number of halogens is 3. The second-order valence-corrected chi connectivity index (χ2v) is 10.3. The van der Waals surface area contributed by atoms with Gasteiger partial charge in [-0.15, -0.1) is 6.58 Å². The lowest BCUT2D eigenvalue weighted by molar-refractivity contribution is 0.166. The summed E-state index contributed by atoms with van der Waals surface area (Å²) < 4.78 is 50.3. The Balaban J connectivity index is 1.37. The van der Waals surface area contributed by atoms with Crippen molar-refractivity contribution in [2.45, 2.75) is 63.9 Å². The first-order valence-electron chi connectivity index (χ1n) is 13.9. The van der Waals surface area contributed by atoms with Gasteiger partial charge in [-0.1, -0.05) is 68.0 Å². The van der Waals surface area contributed by atoms with Crippen LogP contribution in [0.3, 0.4) is 0 Å². The molecule has 39 heavy (non-hydrogen) atoms. The number of hydrogen-bond donors (Lipinski definition) is 1. The summed E-state index contributed by atoms with van der Waals surface area (Å²) in [5, 5.41) is 10.2.